The molecular formula is C22H21NO2. The smallest absolute Gasteiger partial charge is 0.252 e. The number of amides is 1. The zero-order chi connectivity index (χ0) is 17.6. The molecule has 3 aromatic carbocycles. The molecule has 0 saturated heterocycles. The highest BCUT2D eigenvalue weighted by Crippen LogP contribution is 2.25. The third kappa shape index (κ3) is 3.89. The number of methoxy groups -OCH3 is 1. The van der Waals surface area contributed by atoms with Gasteiger partial charge in [-0.05, 0) is 41.8 Å². The quantitative estimate of drug-likeness (QED) is 0.746. The molecule has 0 aromatic heterocycles. The number of benzene rings is 3. The summed E-state index contributed by atoms with van der Waals surface area (Å²) in [7, 11) is 1.64. The third-order valence-electron chi connectivity index (χ3n) is 4.25. The maximum absolute atomic E-state index is 12.8. The summed E-state index contributed by atoms with van der Waals surface area (Å²) in [5.74, 6) is 0.712. The summed E-state index contributed by atoms with van der Waals surface area (Å²) in [5.41, 5.74) is 3.70. The van der Waals surface area contributed by atoms with Gasteiger partial charge in [-0.2, -0.15) is 0 Å². The molecule has 0 heterocycles. The first-order valence-corrected chi connectivity index (χ1v) is 8.24. The van der Waals surface area contributed by atoms with Crippen molar-refractivity contribution in [3.63, 3.8) is 0 Å². The van der Waals surface area contributed by atoms with Crippen molar-refractivity contribution in [2.24, 2.45) is 0 Å². The van der Waals surface area contributed by atoms with Gasteiger partial charge in [0.2, 0.25) is 0 Å². The fraction of sp³-hybridized carbons (Fsp3) is 0.136. The predicted molar refractivity (Wildman–Crippen MR) is 99.9 cm³/mol. The van der Waals surface area contributed by atoms with E-state index in [1.807, 2.05) is 85.8 Å². The average Bonchev–Trinajstić information content (AvgIpc) is 2.67. The lowest BCUT2D eigenvalue weighted by Crippen LogP contribution is -2.29. The van der Waals surface area contributed by atoms with Gasteiger partial charge in [-0.25, -0.2) is 0 Å². The van der Waals surface area contributed by atoms with Crippen LogP contribution in [0.2, 0.25) is 0 Å². The summed E-state index contributed by atoms with van der Waals surface area (Å²) in [6.07, 6.45) is 0. The Kier molecular flexibility index (Phi) is 5.14. The molecule has 3 aromatic rings. The lowest BCUT2D eigenvalue weighted by molar-refractivity contribution is 0.0942. The van der Waals surface area contributed by atoms with E-state index in [2.05, 4.69) is 5.32 Å². The predicted octanol–water partition coefficient (Wildman–Crippen LogP) is 4.52. The average molecular weight is 331 g/mol. The minimum absolute atomic E-state index is 0.0808. The molecular weight excluding hydrogens is 310 g/mol. The van der Waals surface area contributed by atoms with E-state index in [1.165, 1.54) is 0 Å². The Hall–Kier alpha value is -3.07. The van der Waals surface area contributed by atoms with Gasteiger partial charge in [0.25, 0.3) is 5.91 Å². The molecule has 3 nitrogen and oxygen atoms in total. The van der Waals surface area contributed by atoms with Crippen LogP contribution >= 0.6 is 0 Å². The standard InChI is InChI=1S/C22H21NO2/c1-16-8-6-7-11-20(16)22(24)23-21(17-9-4-3-5-10-17)18-12-14-19(25-2)15-13-18/h3-15,21H,1-2H3,(H,23,24)/t21-/m0/s1. The Balaban J connectivity index is 1.94. The van der Waals surface area contributed by atoms with Crippen LogP contribution in [0.1, 0.15) is 33.1 Å². The second-order valence-corrected chi connectivity index (χ2v) is 5.91. The van der Waals surface area contributed by atoms with E-state index in [0.29, 0.717) is 5.56 Å². The van der Waals surface area contributed by atoms with Gasteiger partial charge in [0.15, 0.2) is 0 Å². The third-order valence-corrected chi connectivity index (χ3v) is 4.25. The second-order valence-electron chi connectivity index (χ2n) is 5.91. The summed E-state index contributed by atoms with van der Waals surface area (Å²) in [4.78, 5) is 12.8. The normalized spacial score (nSPS) is 11.6. The zero-order valence-electron chi connectivity index (χ0n) is 14.4. The first-order valence-electron chi connectivity index (χ1n) is 8.24. The van der Waals surface area contributed by atoms with Crippen molar-refractivity contribution in [2.45, 2.75) is 13.0 Å². The van der Waals surface area contributed by atoms with Gasteiger partial charge in [-0.1, -0.05) is 60.7 Å². The number of rotatable bonds is 5. The van der Waals surface area contributed by atoms with Gasteiger partial charge in [-0.15, -0.1) is 0 Å². The molecule has 0 radical (unpaired) electrons. The molecule has 1 N–H and O–H groups in total. The van der Waals surface area contributed by atoms with Crippen LogP contribution in [-0.4, -0.2) is 13.0 Å². The van der Waals surface area contributed by atoms with E-state index in [4.69, 9.17) is 4.74 Å². The Morgan fingerprint density at radius 1 is 0.840 bits per heavy atom. The molecule has 0 saturated carbocycles. The summed E-state index contributed by atoms with van der Waals surface area (Å²) in [5, 5.41) is 3.16. The van der Waals surface area contributed by atoms with Crippen LogP contribution in [0.25, 0.3) is 0 Å². The molecule has 0 bridgehead atoms. The van der Waals surface area contributed by atoms with Crippen LogP contribution in [0.3, 0.4) is 0 Å². The topological polar surface area (TPSA) is 38.3 Å². The number of aryl methyl sites for hydroxylation is 1. The molecule has 3 heteroatoms. The van der Waals surface area contributed by atoms with Crippen LogP contribution in [0, 0.1) is 6.92 Å². The zero-order valence-corrected chi connectivity index (χ0v) is 14.4. The molecule has 25 heavy (non-hydrogen) atoms. The number of nitrogens with one attached hydrogen (secondary N) is 1. The number of ether oxygens (including phenoxy) is 1. The largest absolute Gasteiger partial charge is 0.497 e. The van der Waals surface area contributed by atoms with E-state index >= 15 is 0 Å². The van der Waals surface area contributed by atoms with Crippen LogP contribution in [0.15, 0.2) is 78.9 Å². The Morgan fingerprint density at radius 3 is 2.08 bits per heavy atom. The van der Waals surface area contributed by atoms with Crippen molar-refractivity contribution in [2.75, 3.05) is 7.11 Å². The Morgan fingerprint density at radius 2 is 1.44 bits per heavy atom. The van der Waals surface area contributed by atoms with Crippen LogP contribution in [0.5, 0.6) is 5.75 Å². The van der Waals surface area contributed by atoms with Gasteiger partial charge >= 0.3 is 0 Å². The van der Waals surface area contributed by atoms with E-state index < -0.39 is 0 Å². The van der Waals surface area contributed by atoms with E-state index in [-0.39, 0.29) is 11.9 Å². The Bertz CT molecular complexity index is 841. The van der Waals surface area contributed by atoms with Gasteiger partial charge in [0.05, 0.1) is 13.2 Å². The number of carbonyl (C=O) groups excluding carboxylic acids is 1. The second kappa shape index (κ2) is 7.67. The van der Waals surface area contributed by atoms with E-state index in [1.54, 1.807) is 7.11 Å². The van der Waals surface area contributed by atoms with Crippen LogP contribution in [-0.2, 0) is 0 Å². The summed E-state index contributed by atoms with van der Waals surface area (Å²) < 4.78 is 5.23. The summed E-state index contributed by atoms with van der Waals surface area (Å²) in [6, 6.07) is 25.1. The highest BCUT2D eigenvalue weighted by Gasteiger charge is 2.18. The number of hydrogen-bond donors (Lipinski definition) is 1. The lowest BCUT2D eigenvalue weighted by Gasteiger charge is -2.21. The molecule has 0 aliphatic carbocycles. The van der Waals surface area contributed by atoms with Gasteiger partial charge in [0.1, 0.15) is 5.75 Å². The van der Waals surface area contributed by atoms with Gasteiger partial charge in [-0.3, -0.25) is 4.79 Å². The fourth-order valence-corrected chi connectivity index (χ4v) is 2.84. The highest BCUT2D eigenvalue weighted by molar-refractivity contribution is 5.96. The summed E-state index contributed by atoms with van der Waals surface area (Å²) >= 11 is 0. The molecule has 0 aliphatic heterocycles. The molecule has 0 fully saturated rings. The minimum Gasteiger partial charge on any atom is -0.497 e. The maximum Gasteiger partial charge on any atom is 0.252 e. The van der Waals surface area contributed by atoms with Crippen molar-refractivity contribution in [3.8, 4) is 5.75 Å². The van der Waals surface area contributed by atoms with Crippen molar-refractivity contribution in [1.82, 2.24) is 5.32 Å². The van der Waals surface area contributed by atoms with Crippen molar-refractivity contribution in [3.05, 3.63) is 101 Å². The molecule has 3 rings (SSSR count). The maximum atomic E-state index is 12.8. The first kappa shape index (κ1) is 16.8. The fourth-order valence-electron chi connectivity index (χ4n) is 2.84. The molecule has 1 atom stereocenters. The molecule has 126 valence electrons. The lowest BCUT2D eigenvalue weighted by atomic mass is 9.97. The first-order chi connectivity index (χ1) is 12.2. The molecule has 1 amide bonds. The van der Waals surface area contributed by atoms with E-state index in [0.717, 1.165) is 22.4 Å². The van der Waals surface area contributed by atoms with Crippen molar-refractivity contribution < 1.29 is 9.53 Å². The monoisotopic (exact) mass is 331 g/mol. The molecule has 0 aliphatic rings. The molecule has 0 unspecified atom stereocenters. The van der Waals surface area contributed by atoms with E-state index in [9.17, 15) is 4.79 Å². The number of carbonyl (C=O) groups is 1. The van der Waals surface area contributed by atoms with Crippen molar-refractivity contribution in [1.29, 1.82) is 0 Å². The molecule has 0 spiro atoms. The SMILES string of the molecule is COc1ccc([C@@H](NC(=O)c2ccccc2C)c2ccccc2)cc1. The highest BCUT2D eigenvalue weighted by atomic mass is 16.5. The summed E-state index contributed by atoms with van der Waals surface area (Å²) in [6.45, 7) is 1.94. The number of hydrogen-bond acceptors (Lipinski definition) is 2. The minimum atomic E-state index is -0.223. The van der Waals surface area contributed by atoms with Gasteiger partial charge < -0.3 is 10.1 Å². The van der Waals surface area contributed by atoms with Crippen molar-refractivity contribution >= 4 is 5.91 Å². The van der Waals surface area contributed by atoms with Crippen LogP contribution < -0.4 is 10.1 Å². The van der Waals surface area contributed by atoms with Crippen LogP contribution in [0.4, 0.5) is 0 Å². The van der Waals surface area contributed by atoms with Gasteiger partial charge in [0, 0.05) is 5.56 Å². The Labute approximate surface area is 148 Å².